The molecule has 0 radical (unpaired) electrons. The lowest BCUT2D eigenvalue weighted by Crippen LogP contribution is -2.23. The summed E-state index contributed by atoms with van der Waals surface area (Å²) in [6.07, 6.45) is 0. The normalized spacial score (nSPS) is 11.1. The Balaban J connectivity index is 3.02. The van der Waals surface area contributed by atoms with Gasteiger partial charge in [-0.1, -0.05) is 12.1 Å². The maximum atomic E-state index is 11.9. The highest BCUT2D eigenvalue weighted by atomic mass is 16.5. The van der Waals surface area contributed by atoms with Crippen molar-refractivity contribution in [2.45, 2.75) is 0 Å². The van der Waals surface area contributed by atoms with Crippen LogP contribution in [0.15, 0.2) is 24.3 Å². The molecule has 88 valence electrons. The molecule has 0 fully saturated rings. The third kappa shape index (κ3) is 2.82. The molecule has 1 atom stereocenters. The Morgan fingerprint density at radius 1 is 1.35 bits per heavy atom. The number of rotatable bonds is 4. The summed E-state index contributed by atoms with van der Waals surface area (Å²) >= 11 is 0. The first-order valence-corrected chi connectivity index (χ1v) is 4.79. The van der Waals surface area contributed by atoms with Crippen molar-refractivity contribution in [3.63, 3.8) is 0 Å². The molecule has 1 rings (SSSR count). The molecule has 0 N–H and O–H groups in total. The lowest BCUT2D eigenvalue weighted by Gasteiger charge is -2.07. The summed E-state index contributed by atoms with van der Waals surface area (Å²) in [5, 5.41) is 8.78. The van der Waals surface area contributed by atoms with Crippen molar-refractivity contribution >= 4 is 11.8 Å². The smallest absolute Gasteiger partial charge is 0.331 e. The lowest BCUT2D eigenvalue weighted by atomic mass is 9.99. The number of ether oxygens (including phenoxy) is 2. The fourth-order valence-corrected chi connectivity index (χ4v) is 1.28. The maximum absolute atomic E-state index is 11.9. The number of esters is 1. The van der Waals surface area contributed by atoms with E-state index in [-0.39, 0.29) is 5.56 Å². The summed E-state index contributed by atoms with van der Waals surface area (Å²) in [7, 11) is 2.59. The molecule has 0 unspecified atom stereocenters. The van der Waals surface area contributed by atoms with Crippen LogP contribution in [0.25, 0.3) is 0 Å². The van der Waals surface area contributed by atoms with Crippen molar-refractivity contribution in [3.8, 4) is 11.8 Å². The summed E-state index contributed by atoms with van der Waals surface area (Å²) in [5.74, 6) is -2.41. The van der Waals surface area contributed by atoms with Gasteiger partial charge in [-0.05, 0) is 12.1 Å². The van der Waals surface area contributed by atoms with Gasteiger partial charge in [0.1, 0.15) is 5.75 Å². The predicted octanol–water partition coefficient (Wildman–Crippen LogP) is 1.19. The van der Waals surface area contributed by atoms with Gasteiger partial charge in [-0.15, -0.1) is 0 Å². The zero-order valence-corrected chi connectivity index (χ0v) is 9.47. The number of hydrogen-bond acceptors (Lipinski definition) is 5. The van der Waals surface area contributed by atoms with Crippen LogP contribution < -0.4 is 4.74 Å². The first-order chi connectivity index (χ1) is 8.13. The molecule has 0 spiro atoms. The highest BCUT2D eigenvalue weighted by Gasteiger charge is 2.28. The Morgan fingerprint density at radius 3 is 2.59 bits per heavy atom. The van der Waals surface area contributed by atoms with Gasteiger partial charge in [-0.2, -0.15) is 5.26 Å². The Kier molecular flexibility index (Phi) is 4.23. The van der Waals surface area contributed by atoms with Gasteiger partial charge in [0.15, 0.2) is 5.78 Å². The van der Waals surface area contributed by atoms with E-state index in [1.807, 2.05) is 0 Å². The number of ketones is 1. The number of hydrogen-bond donors (Lipinski definition) is 0. The Bertz CT molecular complexity index is 476. The zero-order valence-electron chi connectivity index (χ0n) is 9.47. The third-order valence-electron chi connectivity index (χ3n) is 2.18. The summed E-state index contributed by atoms with van der Waals surface area (Å²) in [4.78, 5) is 23.1. The number of carbonyl (C=O) groups is 2. The van der Waals surface area contributed by atoms with Crippen molar-refractivity contribution < 1.29 is 19.1 Å². The lowest BCUT2D eigenvalue weighted by molar-refractivity contribution is -0.141. The van der Waals surface area contributed by atoms with Crippen molar-refractivity contribution in [2.24, 2.45) is 5.92 Å². The van der Waals surface area contributed by atoms with Gasteiger partial charge in [-0.3, -0.25) is 9.59 Å². The summed E-state index contributed by atoms with van der Waals surface area (Å²) in [6.45, 7) is 0. The van der Waals surface area contributed by atoms with Crippen LogP contribution in [-0.4, -0.2) is 26.0 Å². The molecule has 0 bridgehead atoms. The Hall–Kier alpha value is -2.35. The van der Waals surface area contributed by atoms with E-state index >= 15 is 0 Å². The van der Waals surface area contributed by atoms with Crippen LogP contribution in [0.2, 0.25) is 0 Å². The SMILES string of the molecule is COC(=O)[C@H](C#N)C(=O)c1cccc(OC)c1. The summed E-state index contributed by atoms with van der Waals surface area (Å²) in [5.41, 5.74) is 0.237. The van der Waals surface area contributed by atoms with Gasteiger partial charge in [0.05, 0.1) is 20.3 Å². The van der Waals surface area contributed by atoms with Crippen LogP contribution in [-0.2, 0) is 9.53 Å². The third-order valence-corrected chi connectivity index (χ3v) is 2.18. The van der Waals surface area contributed by atoms with E-state index in [9.17, 15) is 9.59 Å². The molecule has 5 heteroatoms. The maximum Gasteiger partial charge on any atom is 0.331 e. The number of carbonyl (C=O) groups excluding carboxylic acids is 2. The second-order valence-electron chi connectivity index (χ2n) is 3.18. The molecule has 0 aliphatic carbocycles. The van der Waals surface area contributed by atoms with Crippen LogP contribution in [0.3, 0.4) is 0 Å². The molecule has 0 saturated carbocycles. The molecule has 5 nitrogen and oxygen atoms in total. The molecule has 0 amide bonds. The van der Waals surface area contributed by atoms with E-state index in [0.717, 1.165) is 7.11 Å². The van der Waals surface area contributed by atoms with Crippen molar-refractivity contribution in [3.05, 3.63) is 29.8 Å². The first kappa shape index (κ1) is 12.7. The average molecular weight is 233 g/mol. The summed E-state index contributed by atoms with van der Waals surface area (Å²) in [6, 6.07) is 7.88. The van der Waals surface area contributed by atoms with Crippen molar-refractivity contribution in [1.82, 2.24) is 0 Å². The standard InChI is InChI=1S/C12H11NO4/c1-16-9-5-3-4-8(6-9)11(14)10(7-13)12(15)17-2/h3-6,10H,1-2H3/t10-/m1/s1. The monoisotopic (exact) mass is 233 g/mol. The fraction of sp³-hybridized carbons (Fsp3) is 0.250. The van der Waals surface area contributed by atoms with Gasteiger partial charge < -0.3 is 9.47 Å². The van der Waals surface area contributed by atoms with Gasteiger partial charge in [0.25, 0.3) is 0 Å². The molecule has 0 aromatic heterocycles. The second kappa shape index (κ2) is 5.66. The number of Topliss-reactive ketones (excluding diaryl/α,β-unsaturated/α-hetero) is 1. The van der Waals surface area contributed by atoms with Gasteiger partial charge in [0.2, 0.25) is 5.92 Å². The zero-order chi connectivity index (χ0) is 12.8. The van der Waals surface area contributed by atoms with Crippen LogP contribution >= 0.6 is 0 Å². The first-order valence-electron chi connectivity index (χ1n) is 4.79. The number of nitriles is 1. The second-order valence-corrected chi connectivity index (χ2v) is 3.18. The van der Waals surface area contributed by atoms with Crippen molar-refractivity contribution in [2.75, 3.05) is 14.2 Å². The Labute approximate surface area is 98.6 Å². The van der Waals surface area contributed by atoms with Crippen LogP contribution in [0, 0.1) is 17.2 Å². The van der Waals surface area contributed by atoms with Crippen LogP contribution in [0.5, 0.6) is 5.75 Å². The molecule has 0 saturated heterocycles. The molecule has 1 aromatic carbocycles. The van der Waals surface area contributed by atoms with E-state index in [2.05, 4.69) is 4.74 Å². The minimum absolute atomic E-state index is 0.237. The molecule has 0 aliphatic rings. The van der Waals surface area contributed by atoms with Gasteiger partial charge in [-0.25, -0.2) is 0 Å². The largest absolute Gasteiger partial charge is 0.497 e. The van der Waals surface area contributed by atoms with Crippen LogP contribution in [0.1, 0.15) is 10.4 Å². The molecule has 1 aromatic rings. The average Bonchev–Trinajstić information content (AvgIpc) is 2.39. The molecular weight excluding hydrogens is 222 g/mol. The van der Waals surface area contributed by atoms with E-state index in [1.165, 1.54) is 19.2 Å². The molecule has 0 heterocycles. The quantitative estimate of drug-likeness (QED) is 0.443. The Morgan fingerprint density at radius 2 is 2.06 bits per heavy atom. The van der Waals surface area contributed by atoms with E-state index in [0.29, 0.717) is 5.75 Å². The summed E-state index contributed by atoms with van der Waals surface area (Å²) < 4.78 is 9.34. The topological polar surface area (TPSA) is 76.4 Å². The molecule has 17 heavy (non-hydrogen) atoms. The van der Waals surface area contributed by atoms with Gasteiger partial charge in [0, 0.05) is 5.56 Å². The fourth-order valence-electron chi connectivity index (χ4n) is 1.28. The highest BCUT2D eigenvalue weighted by Crippen LogP contribution is 2.16. The van der Waals surface area contributed by atoms with Crippen molar-refractivity contribution in [1.29, 1.82) is 5.26 Å². The number of benzene rings is 1. The number of methoxy groups -OCH3 is 2. The molecule has 0 aliphatic heterocycles. The van der Waals surface area contributed by atoms with E-state index in [4.69, 9.17) is 10.00 Å². The minimum atomic E-state index is -1.44. The highest BCUT2D eigenvalue weighted by molar-refractivity contribution is 6.10. The van der Waals surface area contributed by atoms with Crippen LogP contribution in [0.4, 0.5) is 0 Å². The predicted molar refractivity (Wildman–Crippen MR) is 58.4 cm³/mol. The van der Waals surface area contributed by atoms with Gasteiger partial charge >= 0.3 is 5.97 Å². The molecular formula is C12H11NO4. The van der Waals surface area contributed by atoms with E-state index in [1.54, 1.807) is 18.2 Å². The van der Waals surface area contributed by atoms with E-state index < -0.39 is 17.7 Å². The minimum Gasteiger partial charge on any atom is -0.497 e. The number of nitrogens with zero attached hydrogens (tertiary/aromatic N) is 1.